The van der Waals surface area contributed by atoms with E-state index in [0.29, 0.717) is 28.4 Å². The van der Waals surface area contributed by atoms with E-state index < -0.39 is 0 Å². The molecule has 2 N–H and O–H groups in total. The summed E-state index contributed by atoms with van der Waals surface area (Å²) in [6, 6.07) is 10.4. The Morgan fingerprint density at radius 3 is 2.44 bits per heavy atom. The highest BCUT2D eigenvalue weighted by molar-refractivity contribution is 6.30. The maximum Gasteiger partial charge on any atom is 0.231 e. The second-order valence-corrected chi connectivity index (χ2v) is 6.50. The van der Waals surface area contributed by atoms with Crippen LogP contribution in [0.15, 0.2) is 42.2 Å². The number of benzene rings is 2. The summed E-state index contributed by atoms with van der Waals surface area (Å²) in [5, 5.41) is 10.9. The molecule has 0 unspecified atom stereocenters. The van der Waals surface area contributed by atoms with Gasteiger partial charge in [-0.2, -0.15) is 0 Å². The number of ketones is 1. The van der Waals surface area contributed by atoms with Crippen LogP contribution in [-0.2, 0) is 6.54 Å². The van der Waals surface area contributed by atoms with Crippen molar-refractivity contribution in [2.75, 3.05) is 13.1 Å². The van der Waals surface area contributed by atoms with Gasteiger partial charge in [0.2, 0.25) is 5.78 Å². The number of nitrogens with one attached hydrogen (secondary N) is 1. The predicted octanol–water partition coefficient (Wildman–Crippen LogP) is 3.09. The van der Waals surface area contributed by atoms with Crippen molar-refractivity contribution in [2.24, 2.45) is 0 Å². The van der Waals surface area contributed by atoms with E-state index in [0.717, 1.165) is 18.7 Å². The van der Waals surface area contributed by atoms with Gasteiger partial charge < -0.3 is 14.7 Å². The van der Waals surface area contributed by atoms with Crippen molar-refractivity contribution in [3.8, 4) is 11.5 Å². The first-order valence-electron chi connectivity index (χ1n) is 8.41. The van der Waals surface area contributed by atoms with Gasteiger partial charge in [-0.05, 0) is 49.8 Å². The molecule has 0 aliphatic carbocycles. The van der Waals surface area contributed by atoms with Crippen LogP contribution in [0.2, 0.25) is 5.02 Å². The number of hydrogen-bond donors (Lipinski definition) is 2. The number of aromatic hydroxyl groups is 1. The first-order valence-corrected chi connectivity index (χ1v) is 8.79. The lowest BCUT2D eigenvalue weighted by Gasteiger charge is -2.17. The molecule has 1 heterocycles. The van der Waals surface area contributed by atoms with Crippen LogP contribution in [0.5, 0.6) is 11.5 Å². The quantitative estimate of drug-likeness (QED) is 0.807. The summed E-state index contributed by atoms with van der Waals surface area (Å²) < 4.78 is 5.86. The van der Waals surface area contributed by atoms with Gasteiger partial charge in [-0.15, -0.1) is 0 Å². The first kappa shape index (κ1) is 17.5. The molecule has 25 heavy (non-hydrogen) atoms. The van der Waals surface area contributed by atoms with Gasteiger partial charge in [-0.1, -0.05) is 23.7 Å². The molecule has 1 aliphatic rings. The molecule has 5 heteroatoms. The van der Waals surface area contributed by atoms with Gasteiger partial charge in [-0.3, -0.25) is 4.79 Å². The van der Waals surface area contributed by atoms with E-state index in [9.17, 15) is 9.90 Å². The number of carbonyl (C=O) groups excluding carboxylic acids is 1. The number of quaternary nitrogens is 1. The van der Waals surface area contributed by atoms with Gasteiger partial charge >= 0.3 is 0 Å². The Kier molecular flexibility index (Phi) is 5.11. The monoisotopic (exact) mass is 358 g/mol. The van der Waals surface area contributed by atoms with Gasteiger partial charge in [0.1, 0.15) is 12.3 Å². The van der Waals surface area contributed by atoms with Crippen molar-refractivity contribution >= 4 is 23.5 Å². The Morgan fingerprint density at radius 2 is 1.80 bits per heavy atom. The molecule has 2 aromatic carbocycles. The minimum Gasteiger partial charge on any atom is -0.507 e. The van der Waals surface area contributed by atoms with Crippen molar-refractivity contribution in [3.63, 3.8) is 0 Å². The first-order chi connectivity index (χ1) is 12.0. The van der Waals surface area contributed by atoms with Crippen molar-refractivity contribution < 1.29 is 19.5 Å². The molecular formula is C20H21ClNO3+. The number of fused-ring (bicyclic) bond motifs is 1. The topological polar surface area (TPSA) is 51.0 Å². The van der Waals surface area contributed by atoms with Crippen LogP contribution in [0.4, 0.5) is 0 Å². The summed E-state index contributed by atoms with van der Waals surface area (Å²) in [4.78, 5) is 13.9. The summed E-state index contributed by atoms with van der Waals surface area (Å²) in [6.07, 6.45) is 1.70. The van der Waals surface area contributed by atoms with Crippen LogP contribution in [0.1, 0.15) is 35.3 Å². The van der Waals surface area contributed by atoms with Gasteiger partial charge in [0.15, 0.2) is 11.5 Å². The fraction of sp³-hybridized carbons (Fsp3) is 0.250. The van der Waals surface area contributed by atoms with Crippen molar-refractivity contribution in [3.05, 3.63) is 63.9 Å². The molecule has 0 saturated heterocycles. The normalized spacial score (nSPS) is 14.9. The van der Waals surface area contributed by atoms with Gasteiger partial charge in [0, 0.05) is 5.02 Å². The zero-order chi connectivity index (χ0) is 18.0. The van der Waals surface area contributed by atoms with Crippen LogP contribution in [-0.4, -0.2) is 24.0 Å². The Bertz CT molecular complexity index is 824. The highest BCUT2D eigenvalue weighted by Crippen LogP contribution is 2.39. The molecule has 0 fully saturated rings. The van der Waals surface area contributed by atoms with Gasteiger partial charge in [0.25, 0.3) is 0 Å². The number of ether oxygens (including phenoxy) is 1. The zero-order valence-electron chi connectivity index (χ0n) is 14.3. The number of allylic oxidation sites excluding steroid dienone is 1. The summed E-state index contributed by atoms with van der Waals surface area (Å²) >= 11 is 5.90. The lowest BCUT2D eigenvalue weighted by atomic mass is 10.0. The van der Waals surface area contributed by atoms with E-state index in [1.807, 2.05) is 12.1 Å². The average molecular weight is 359 g/mol. The van der Waals surface area contributed by atoms with Crippen LogP contribution < -0.4 is 9.64 Å². The number of halogens is 1. The van der Waals surface area contributed by atoms with E-state index >= 15 is 0 Å². The highest BCUT2D eigenvalue weighted by Gasteiger charge is 2.32. The Balaban J connectivity index is 1.96. The van der Waals surface area contributed by atoms with Gasteiger partial charge in [0.05, 0.1) is 24.2 Å². The van der Waals surface area contributed by atoms with Crippen molar-refractivity contribution in [1.82, 2.24) is 0 Å². The fourth-order valence-corrected chi connectivity index (χ4v) is 3.05. The maximum absolute atomic E-state index is 12.6. The molecule has 4 nitrogen and oxygen atoms in total. The van der Waals surface area contributed by atoms with E-state index in [4.69, 9.17) is 16.3 Å². The zero-order valence-corrected chi connectivity index (χ0v) is 15.1. The van der Waals surface area contributed by atoms with E-state index in [2.05, 4.69) is 13.8 Å². The molecule has 0 bridgehead atoms. The Hall–Kier alpha value is -2.30. The highest BCUT2D eigenvalue weighted by atomic mass is 35.5. The molecule has 0 spiro atoms. The van der Waals surface area contributed by atoms with Crippen LogP contribution in [0.3, 0.4) is 0 Å². The number of phenols is 1. The smallest absolute Gasteiger partial charge is 0.231 e. The number of rotatable bonds is 5. The third-order valence-electron chi connectivity index (χ3n) is 4.51. The molecule has 0 saturated carbocycles. The molecule has 0 aromatic heterocycles. The third-order valence-corrected chi connectivity index (χ3v) is 4.76. The molecule has 0 atom stereocenters. The third kappa shape index (κ3) is 3.55. The van der Waals surface area contributed by atoms with Crippen LogP contribution in [0.25, 0.3) is 6.08 Å². The summed E-state index contributed by atoms with van der Waals surface area (Å²) in [5.74, 6) is 0.739. The second kappa shape index (κ2) is 7.30. The number of hydrogen-bond acceptors (Lipinski definition) is 3. The summed E-state index contributed by atoms with van der Waals surface area (Å²) in [6.45, 7) is 6.67. The lowest BCUT2D eigenvalue weighted by Crippen LogP contribution is -3.10. The summed E-state index contributed by atoms with van der Waals surface area (Å²) in [5.41, 5.74) is 2.02. The number of Topliss-reactive ketones (excluding diaryl/α,β-unsaturated/α-hetero) is 1. The van der Waals surface area contributed by atoms with Gasteiger partial charge in [-0.25, -0.2) is 0 Å². The molecule has 2 aromatic rings. The largest absolute Gasteiger partial charge is 0.507 e. The summed E-state index contributed by atoms with van der Waals surface area (Å²) in [7, 11) is 0. The second-order valence-electron chi connectivity index (χ2n) is 6.07. The van der Waals surface area contributed by atoms with E-state index in [-0.39, 0.29) is 17.3 Å². The lowest BCUT2D eigenvalue weighted by molar-refractivity contribution is -0.910. The van der Waals surface area contributed by atoms with Crippen LogP contribution >= 0.6 is 11.6 Å². The molecule has 0 radical (unpaired) electrons. The molecule has 0 amide bonds. The van der Waals surface area contributed by atoms with Crippen LogP contribution in [0, 0.1) is 0 Å². The van der Waals surface area contributed by atoms with Crippen molar-refractivity contribution in [1.29, 1.82) is 0 Å². The number of carbonyl (C=O) groups is 1. The van der Waals surface area contributed by atoms with Crippen molar-refractivity contribution in [2.45, 2.75) is 20.4 Å². The molecule has 130 valence electrons. The predicted molar refractivity (Wildman–Crippen MR) is 98.2 cm³/mol. The fourth-order valence-electron chi connectivity index (χ4n) is 2.93. The Morgan fingerprint density at radius 1 is 1.12 bits per heavy atom. The van der Waals surface area contributed by atoms with E-state index in [1.165, 1.54) is 4.90 Å². The molecule has 3 rings (SSSR count). The van der Waals surface area contributed by atoms with E-state index in [1.54, 1.807) is 30.3 Å². The maximum atomic E-state index is 12.6. The Labute approximate surface area is 152 Å². The standard InChI is InChI=1S/C20H20ClNO3/c1-3-22(4-2)12-16-17(23)10-9-15-19(24)18(25-20(15)16)11-13-5-7-14(21)8-6-13/h5-11,23H,3-4,12H2,1-2H3/p+1/b18-11-. The SMILES string of the molecule is CC[NH+](CC)Cc1c(O)ccc2c1O/C(=C\c1ccc(Cl)cc1)C2=O. The molecular weight excluding hydrogens is 338 g/mol. The average Bonchev–Trinajstić information content (AvgIpc) is 2.92. The minimum atomic E-state index is -0.166. The minimum absolute atomic E-state index is 0.165. The number of phenolic OH excluding ortho intramolecular Hbond substituents is 1. The molecule has 1 aliphatic heterocycles.